The van der Waals surface area contributed by atoms with Crippen LogP contribution in [-0.2, 0) is 4.79 Å². The number of aliphatic carboxylic acids is 1. The van der Waals surface area contributed by atoms with Gasteiger partial charge in [0, 0.05) is 0 Å². The number of hydrogen-bond acceptors (Lipinski definition) is 2. The molecule has 3 nitrogen and oxygen atoms in total. The van der Waals surface area contributed by atoms with Gasteiger partial charge < -0.3 is 10.2 Å². The average molecular weight is 226 g/mol. The summed E-state index contributed by atoms with van der Waals surface area (Å²) < 4.78 is 0. The van der Waals surface area contributed by atoms with Gasteiger partial charge in [0.25, 0.3) is 0 Å². The Labute approximate surface area is 96.9 Å². The Balaban J connectivity index is 1.83. The van der Waals surface area contributed by atoms with E-state index in [1.54, 1.807) is 6.92 Å². The van der Waals surface area contributed by atoms with E-state index >= 15 is 0 Å². The van der Waals surface area contributed by atoms with Crippen molar-refractivity contribution in [2.24, 2.45) is 23.7 Å². The van der Waals surface area contributed by atoms with Gasteiger partial charge in [0.2, 0.25) is 0 Å². The molecule has 5 atom stereocenters. The molecular formula is C13H22O3. The van der Waals surface area contributed by atoms with Crippen LogP contribution in [0.15, 0.2) is 0 Å². The maximum Gasteiger partial charge on any atom is 0.308 e. The molecule has 0 aliphatic heterocycles. The predicted molar refractivity (Wildman–Crippen MR) is 61.0 cm³/mol. The van der Waals surface area contributed by atoms with Crippen molar-refractivity contribution in [3.05, 3.63) is 0 Å². The summed E-state index contributed by atoms with van der Waals surface area (Å²) >= 11 is 0. The highest BCUT2D eigenvalue weighted by atomic mass is 16.4. The lowest BCUT2D eigenvalue weighted by Gasteiger charge is -2.30. The fraction of sp³-hybridized carbons (Fsp3) is 0.923. The van der Waals surface area contributed by atoms with Gasteiger partial charge in [0.05, 0.1) is 12.0 Å². The standard InChI is InChI=1S/C13H22O3/c1-8(13(15)16)12(14)7-11-5-9-2-3-10(4-9)6-11/h8-12,14H,2-7H2,1H3,(H,15,16)/t8-,9-,10+,11-,12-/m1/s1. The lowest BCUT2D eigenvalue weighted by molar-refractivity contribution is -0.145. The zero-order chi connectivity index (χ0) is 11.7. The van der Waals surface area contributed by atoms with Crippen molar-refractivity contribution >= 4 is 5.97 Å². The Morgan fingerprint density at radius 1 is 1.25 bits per heavy atom. The van der Waals surface area contributed by atoms with E-state index in [-0.39, 0.29) is 0 Å². The van der Waals surface area contributed by atoms with E-state index < -0.39 is 18.0 Å². The molecule has 0 heterocycles. The molecule has 2 aliphatic rings. The van der Waals surface area contributed by atoms with Crippen LogP contribution in [0.2, 0.25) is 0 Å². The number of carboxylic acid groups (broad SMARTS) is 1. The predicted octanol–water partition coefficient (Wildman–Crippen LogP) is 2.28. The van der Waals surface area contributed by atoms with Crippen LogP contribution in [0.3, 0.4) is 0 Å². The monoisotopic (exact) mass is 226 g/mol. The Bertz CT molecular complexity index is 252. The van der Waals surface area contributed by atoms with Gasteiger partial charge in [-0.3, -0.25) is 4.79 Å². The highest BCUT2D eigenvalue weighted by molar-refractivity contribution is 5.70. The molecule has 3 heteroatoms. The summed E-state index contributed by atoms with van der Waals surface area (Å²) in [5.74, 6) is 0.765. The van der Waals surface area contributed by atoms with E-state index in [2.05, 4.69) is 0 Å². The molecule has 0 aromatic heterocycles. The van der Waals surface area contributed by atoms with Crippen molar-refractivity contribution in [1.82, 2.24) is 0 Å². The van der Waals surface area contributed by atoms with Crippen molar-refractivity contribution < 1.29 is 15.0 Å². The Morgan fingerprint density at radius 2 is 1.81 bits per heavy atom. The molecule has 2 saturated carbocycles. The van der Waals surface area contributed by atoms with E-state index in [1.165, 1.54) is 32.1 Å². The topological polar surface area (TPSA) is 57.5 Å². The zero-order valence-electron chi connectivity index (χ0n) is 9.93. The molecule has 0 radical (unpaired) electrons. The summed E-state index contributed by atoms with van der Waals surface area (Å²) in [6.07, 6.45) is 6.51. The fourth-order valence-electron chi connectivity index (χ4n) is 3.55. The van der Waals surface area contributed by atoms with Crippen LogP contribution < -0.4 is 0 Å². The first-order valence-corrected chi connectivity index (χ1v) is 6.47. The van der Waals surface area contributed by atoms with Crippen LogP contribution >= 0.6 is 0 Å². The minimum atomic E-state index is -0.883. The molecule has 2 fully saturated rings. The fourth-order valence-corrected chi connectivity index (χ4v) is 3.55. The van der Waals surface area contributed by atoms with Gasteiger partial charge >= 0.3 is 5.97 Å². The Kier molecular flexibility index (Phi) is 3.53. The largest absolute Gasteiger partial charge is 0.481 e. The quantitative estimate of drug-likeness (QED) is 0.773. The highest BCUT2D eigenvalue weighted by Crippen LogP contribution is 2.46. The maximum atomic E-state index is 10.8. The van der Waals surface area contributed by atoms with Gasteiger partial charge in [-0.05, 0) is 50.4 Å². The molecule has 2 N–H and O–H groups in total. The molecule has 0 aromatic carbocycles. The van der Waals surface area contributed by atoms with Crippen LogP contribution in [0.25, 0.3) is 0 Å². The zero-order valence-corrected chi connectivity index (χ0v) is 9.93. The van der Waals surface area contributed by atoms with E-state index in [9.17, 15) is 9.90 Å². The summed E-state index contributed by atoms with van der Waals surface area (Å²) in [6, 6.07) is 0. The number of fused-ring (bicyclic) bond motifs is 2. The first-order valence-electron chi connectivity index (χ1n) is 6.47. The first kappa shape index (κ1) is 11.9. The van der Waals surface area contributed by atoms with Crippen molar-refractivity contribution in [3.63, 3.8) is 0 Å². The maximum absolute atomic E-state index is 10.8. The van der Waals surface area contributed by atoms with Crippen molar-refractivity contribution in [3.8, 4) is 0 Å². The molecule has 0 spiro atoms. The van der Waals surface area contributed by atoms with Crippen LogP contribution in [-0.4, -0.2) is 22.3 Å². The minimum Gasteiger partial charge on any atom is -0.481 e. The highest BCUT2D eigenvalue weighted by Gasteiger charge is 2.35. The van der Waals surface area contributed by atoms with Crippen LogP contribution in [0.5, 0.6) is 0 Å². The van der Waals surface area contributed by atoms with Crippen molar-refractivity contribution in [1.29, 1.82) is 0 Å². The van der Waals surface area contributed by atoms with Crippen molar-refractivity contribution in [2.75, 3.05) is 0 Å². The normalized spacial score (nSPS) is 37.0. The average Bonchev–Trinajstić information content (AvgIpc) is 2.56. The van der Waals surface area contributed by atoms with Gasteiger partial charge in [-0.25, -0.2) is 0 Å². The first-order chi connectivity index (χ1) is 7.56. The van der Waals surface area contributed by atoms with Gasteiger partial charge in [0.15, 0.2) is 0 Å². The van der Waals surface area contributed by atoms with E-state index in [0.717, 1.165) is 11.8 Å². The van der Waals surface area contributed by atoms with Gasteiger partial charge in [0.1, 0.15) is 0 Å². The molecule has 2 bridgehead atoms. The van der Waals surface area contributed by atoms with E-state index in [0.29, 0.717) is 12.3 Å². The number of rotatable bonds is 4. The van der Waals surface area contributed by atoms with E-state index in [4.69, 9.17) is 5.11 Å². The molecule has 0 unspecified atom stereocenters. The molecule has 2 aliphatic carbocycles. The lowest BCUT2D eigenvalue weighted by Crippen LogP contribution is -2.29. The van der Waals surface area contributed by atoms with Crippen LogP contribution in [0, 0.1) is 23.7 Å². The van der Waals surface area contributed by atoms with Crippen molar-refractivity contribution in [2.45, 2.75) is 51.6 Å². The summed E-state index contributed by atoms with van der Waals surface area (Å²) in [5, 5.41) is 18.7. The van der Waals surface area contributed by atoms with Crippen LogP contribution in [0.1, 0.15) is 45.4 Å². The Hall–Kier alpha value is -0.570. The summed E-state index contributed by atoms with van der Waals surface area (Å²) in [6.45, 7) is 1.60. The molecule has 16 heavy (non-hydrogen) atoms. The molecule has 0 saturated heterocycles. The minimum absolute atomic E-state index is 0.558. The smallest absolute Gasteiger partial charge is 0.308 e. The SMILES string of the molecule is C[C@@H](C(=O)O)[C@H](O)C[C@@H]1C[C@@H]2CC[C@@H](C2)C1. The second kappa shape index (κ2) is 4.74. The molecule has 0 aromatic rings. The summed E-state index contributed by atoms with van der Waals surface area (Å²) in [4.78, 5) is 10.8. The van der Waals surface area contributed by atoms with Gasteiger partial charge in [-0.1, -0.05) is 12.8 Å². The number of carbonyl (C=O) groups is 1. The molecule has 2 rings (SSSR count). The lowest BCUT2D eigenvalue weighted by atomic mass is 9.77. The summed E-state index contributed by atoms with van der Waals surface area (Å²) in [7, 11) is 0. The second-order valence-electron chi connectivity index (χ2n) is 5.81. The Morgan fingerprint density at radius 3 is 2.31 bits per heavy atom. The molecule has 0 amide bonds. The molecular weight excluding hydrogens is 204 g/mol. The second-order valence-corrected chi connectivity index (χ2v) is 5.81. The van der Waals surface area contributed by atoms with Gasteiger partial charge in [-0.15, -0.1) is 0 Å². The van der Waals surface area contributed by atoms with E-state index in [1.807, 2.05) is 0 Å². The third kappa shape index (κ3) is 2.57. The van der Waals surface area contributed by atoms with Crippen LogP contribution in [0.4, 0.5) is 0 Å². The third-order valence-corrected chi connectivity index (χ3v) is 4.52. The third-order valence-electron chi connectivity index (χ3n) is 4.52. The molecule has 92 valence electrons. The number of hydrogen-bond donors (Lipinski definition) is 2. The number of aliphatic hydroxyl groups excluding tert-OH is 1. The summed E-state index contributed by atoms with van der Waals surface area (Å²) in [5.41, 5.74) is 0. The number of carboxylic acids is 1. The number of aliphatic hydroxyl groups is 1. The van der Waals surface area contributed by atoms with Gasteiger partial charge in [-0.2, -0.15) is 0 Å².